The van der Waals surface area contributed by atoms with E-state index in [1.807, 2.05) is 32.0 Å². The summed E-state index contributed by atoms with van der Waals surface area (Å²) in [5.74, 6) is -0.649. The van der Waals surface area contributed by atoms with Gasteiger partial charge in [0.2, 0.25) is 0 Å². The number of urea groups is 1. The Balaban J connectivity index is 1.97. The van der Waals surface area contributed by atoms with E-state index in [9.17, 15) is 14.4 Å². The highest BCUT2D eigenvalue weighted by molar-refractivity contribution is 6.39. The van der Waals surface area contributed by atoms with Crippen LogP contribution < -0.4 is 15.0 Å². The highest BCUT2D eigenvalue weighted by Crippen LogP contribution is 2.25. The number of nitrogens with one attached hydrogen (secondary N) is 1. The summed E-state index contributed by atoms with van der Waals surface area (Å²) in [6, 6.07) is 11.7. The summed E-state index contributed by atoms with van der Waals surface area (Å²) >= 11 is 0. The zero-order chi connectivity index (χ0) is 21.7. The van der Waals surface area contributed by atoms with Crippen molar-refractivity contribution in [1.29, 1.82) is 0 Å². The van der Waals surface area contributed by atoms with Crippen LogP contribution in [0, 0.1) is 0 Å². The molecule has 6 heteroatoms. The van der Waals surface area contributed by atoms with E-state index in [1.54, 1.807) is 30.3 Å². The van der Waals surface area contributed by atoms with Crippen molar-refractivity contribution in [3.8, 4) is 5.75 Å². The van der Waals surface area contributed by atoms with E-state index in [0.29, 0.717) is 24.3 Å². The largest absolute Gasteiger partial charge is 0.494 e. The molecule has 0 saturated carbocycles. The third-order valence-electron chi connectivity index (χ3n) is 4.76. The number of anilines is 1. The lowest BCUT2D eigenvalue weighted by molar-refractivity contribution is -0.122. The number of barbiturate groups is 1. The predicted octanol–water partition coefficient (Wildman–Crippen LogP) is 4.04. The standard InChI is InChI=1S/C24H24N2O4/c1-4-7-18-14-17(10-13-21(18)30-6-3)15-20-22(27)25-24(29)26(23(20)28)19-11-8-16(5-2)9-12-19/h4,8-15H,1,5-7H2,2-3H3,(H,25,27,29)/b20-15-. The number of nitrogens with zero attached hydrogens (tertiary/aromatic N) is 1. The van der Waals surface area contributed by atoms with E-state index < -0.39 is 17.8 Å². The average Bonchev–Trinajstić information content (AvgIpc) is 2.73. The Morgan fingerprint density at radius 3 is 2.43 bits per heavy atom. The number of carbonyl (C=O) groups is 3. The summed E-state index contributed by atoms with van der Waals surface area (Å²) < 4.78 is 5.62. The smallest absolute Gasteiger partial charge is 0.335 e. The normalized spacial score (nSPS) is 15.3. The van der Waals surface area contributed by atoms with E-state index in [1.165, 1.54) is 6.08 Å². The molecule has 30 heavy (non-hydrogen) atoms. The van der Waals surface area contributed by atoms with Gasteiger partial charge in [-0.15, -0.1) is 6.58 Å². The summed E-state index contributed by atoms with van der Waals surface area (Å²) in [5, 5.41) is 2.25. The van der Waals surface area contributed by atoms with Gasteiger partial charge in [0.15, 0.2) is 0 Å². The first kappa shape index (κ1) is 21.0. The highest BCUT2D eigenvalue weighted by atomic mass is 16.5. The van der Waals surface area contributed by atoms with Gasteiger partial charge in [-0.05, 0) is 66.8 Å². The van der Waals surface area contributed by atoms with Crippen LogP contribution >= 0.6 is 0 Å². The van der Waals surface area contributed by atoms with E-state index in [4.69, 9.17) is 4.74 Å². The minimum absolute atomic E-state index is 0.108. The quantitative estimate of drug-likeness (QED) is 0.429. The number of imide groups is 2. The molecular weight excluding hydrogens is 380 g/mol. The molecule has 1 heterocycles. The molecule has 3 rings (SSSR count). The van der Waals surface area contributed by atoms with E-state index in [0.717, 1.165) is 28.2 Å². The number of hydrogen-bond donors (Lipinski definition) is 1. The second-order valence-corrected chi connectivity index (χ2v) is 6.77. The van der Waals surface area contributed by atoms with Crippen molar-refractivity contribution in [2.45, 2.75) is 26.7 Å². The molecule has 6 nitrogen and oxygen atoms in total. The van der Waals surface area contributed by atoms with Crippen LogP contribution in [0.2, 0.25) is 0 Å². The predicted molar refractivity (Wildman–Crippen MR) is 116 cm³/mol. The molecule has 0 aliphatic carbocycles. The second kappa shape index (κ2) is 9.22. The number of carbonyl (C=O) groups excluding carboxylic acids is 3. The number of allylic oxidation sites excluding steroid dienone is 1. The van der Waals surface area contributed by atoms with Crippen molar-refractivity contribution in [2.75, 3.05) is 11.5 Å². The van der Waals surface area contributed by atoms with Crippen molar-refractivity contribution in [3.05, 3.63) is 77.4 Å². The van der Waals surface area contributed by atoms with Crippen LogP contribution in [0.25, 0.3) is 6.08 Å². The Labute approximate surface area is 175 Å². The molecule has 1 N–H and O–H groups in total. The van der Waals surface area contributed by atoms with Crippen LogP contribution in [0.5, 0.6) is 5.75 Å². The third kappa shape index (κ3) is 4.33. The van der Waals surface area contributed by atoms with Crippen LogP contribution in [0.4, 0.5) is 10.5 Å². The maximum atomic E-state index is 13.0. The lowest BCUT2D eigenvalue weighted by Crippen LogP contribution is -2.54. The van der Waals surface area contributed by atoms with E-state index in [-0.39, 0.29) is 5.57 Å². The number of benzene rings is 2. The van der Waals surface area contributed by atoms with Crippen LogP contribution in [0.15, 0.2) is 60.7 Å². The number of amides is 4. The Morgan fingerprint density at radius 1 is 1.07 bits per heavy atom. The zero-order valence-electron chi connectivity index (χ0n) is 17.1. The molecule has 2 aromatic carbocycles. The topological polar surface area (TPSA) is 75.7 Å². The van der Waals surface area contributed by atoms with Crippen molar-refractivity contribution < 1.29 is 19.1 Å². The van der Waals surface area contributed by atoms with Gasteiger partial charge >= 0.3 is 6.03 Å². The lowest BCUT2D eigenvalue weighted by Gasteiger charge is -2.26. The van der Waals surface area contributed by atoms with Crippen LogP contribution in [-0.2, 0) is 22.4 Å². The lowest BCUT2D eigenvalue weighted by atomic mass is 10.0. The fourth-order valence-corrected chi connectivity index (χ4v) is 3.24. The van der Waals surface area contributed by atoms with Gasteiger partial charge in [-0.1, -0.05) is 31.2 Å². The Hall–Kier alpha value is -3.67. The molecule has 154 valence electrons. The summed E-state index contributed by atoms with van der Waals surface area (Å²) in [6.45, 7) is 8.20. The summed E-state index contributed by atoms with van der Waals surface area (Å²) in [7, 11) is 0. The minimum atomic E-state index is -0.759. The van der Waals surface area contributed by atoms with Crippen LogP contribution in [-0.4, -0.2) is 24.5 Å². The number of rotatable bonds is 7. The molecule has 0 atom stereocenters. The van der Waals surface area contributed by atoms with Crippen LogP contribution in [0.3, 0.4) is 0 Å². The van der Waals surface area contributed by atoms with Crippen molar-refractivity contribution in [2.24, 2.45) is 0 Å². The maximum Gasteiger partial charge on any atom is 0.335 e. The maximum absolute atomic E-state index is 13.0. The molecule has 1 aliphatic heterocycles. The Bertz CT molecular complexity index is 1020. The molecule has 1 fully saturated rings. The Morgan fingerprint density at radius 2 is 1.80 bits per heavy atom. The summed E-state index contributed by atoms with van der Waals surface area (Å²) in [5.41, 5.74) is 2.94. The first-order chi connectivity index (χ1) is 14.5. The average molecular weight is 404 g/mol. The fraction of sp³-hybridized carbons (Fsp3) is 0.208. The van der Waals surface area contributed by atoms with Crippen molar-refractivity contribution in [1.82, 2.24) is 5.32 Å². The van der Waals surface area contributed by atoms with Gasteiger partial charge in [0.05, 0.1) is 12.3 Å². The van der Waals surface area contributed by atoms with E-state index in [2.05, 4.69) is 11.9 Å². The number of aryl methyl sites for hydroxylation is 1. The Kier molecular flexibility index (Phi) is 6.47. The molecule has 0 radical (unpaired) electrons. The minimum Gasteiger partial charge on any atom is -0.494 e. The van der Waals surface area contributed by atoms with Crippen LogP contribution in [0.1, 0.15) is 30.5 Å². The molecule has 0 aromatic heterocycles. The number of hydrogen-bond acceptors (Lipinski definition) is 4. The highest BCUT2D eigenvalue weighted by Gasteiger charge is 2.36. The van der Waals surface area contributed by atoms with Gasteiger partial charge in [-0.2, -0.15) is 0 Å². The monoisotopic (exact) mass is 404 g/mol. The van der Waals surface area contributed by atoms with Crippen molar-refractivity contribution >= 4 is 29.6 Å². The van der Waals surface area contributed by atoms with Gasteiger partial charge in [-0.25, -0.2) is 9.69 Å². The zero-order valence-corrected chi connectivity index (χ0v) is 17.1. The molecule has 2 aromatic rings. The SMILES string of the molecule is C=CCc1cc(/C=C2/C(=O)NC(=O)N(c3ccc(CC)cc3)C2=O)ccc1OCC. The van der Waals surface area contributed by atoms with Gasteiger partial charge in [0.25, 0.3) is 11.8 Å². The molecule has 0 unspecified atom stereocenters. The van der Waals surface area contributed by atoms with E-state index >= 15 is 0 Å². The van der Waals surface area contributed by atoms with Crippen molar-refractivity contribution in [3.63, 3.8) is 0 Å². The van der Waals surface area contributed by atoms with Gasteiger partial charge in [0, 0.05) is 0 Å². The molecule has 1 aliphatic rings. The summed E-state index contributed by atoms with van der Waals surface area (Å²) in [4.78, 5) is 38.7. The molecule has 1 saturated heterocycles. The molecular formula is C24H24N2O4. The first-order valence-electron chi connectivity index (χ1n) is 9.85. The third-order valence-corrected chi connectivity index (χ3v) is 4.76. The van der Waals surface area contributed by atoms with Gasteiger partial charge < -0.3 is 4.74 Å². The van der Waals surface area contributed by atoms with Gasteiger partial charge in [0.1, 0.15) is 11.3 Å². The second-order valence-electron chi connectivity index (χ2n) is 6.77. The molecule has 4 amide bonds. The molecule has 0 spiro atoms. The number of ether oxygens (including phenoxy) is 1. The van der Waals surface area contributed by atoms with Gasteiger partial charge in [-0.3, -0.25) is 14.9 Å². The fourth-order valence-electron chi connectivity index (χ4n) is 3.24. The first-order valence-corrected chi connectivity index (χ1v) is 9.85. The molecule has 0 bridgehead atoms. The summed E-state index contributed by atoms with van der Waals surface area (Å²) in [6.07, 6.45) is 4.67.